The van der Waals surface area contributed by atoms with Crippen LogP contribution >= 0.6 is 0 Å². The van der Waals surface area contributed by atoms with Crippen LogP contribution in [0, 0.1) is 23.5 Å². The molecule has 120 valence electrons. The Bertz CT molecular complexity index is 405. The minimum atomic E-state index is -0.836. The van der Waals surface area contributed by atoms with Gasteiger partial charge in [-0.2, -0.15) is 0 Å². The molecule has 0 bridgehead atoms. The Labute approximate surface area is 126 Å². The van der Waals surface area contributed by atoms with Gasteiger partial charge in [-0.3, -0.25) is 0 Å². The van der Waals surface area contributed by atoms with Gasteiger partial charge >= 0.3 is 0 Å². The minimum absolute atomic E-state index is 0.307. The Morgan fingerprint density at radius 3 is 1.86 bits per heavy atom. The second kappa shape index (κ2) is 8.44. The van der Waals surface area contributed by atoms with Gasteiger partial charge in [0, 0.05) is 25.7 Å². The first-order valence-corrected chi connectivity index (χ1v) is 7.64. The van der Waals surface area contributed by atoms with Gasteiger partial charge in [-0.25, -0.2) is 8.78 Å². The van der Waals surface area contributed by atoms with Gasteiger partial charge in [-0.1, -0.05) is 27.7 Å². The van der Waals surface area contributed by atoms with E-state index < -0.39 is 17.7 Å². The quantitative estimate of drug-likeness (QED) is 0.784. The lowest BCUT2D eigenvalue weighted by Gasteiger charge is -2.27. The van der Waals surface area contributed by atoms with E-state index in [0.29, 0.717) is 23.8 Å². The summed E-state index contributed by atoms with van der Waals surface area (Å²) in [5.74, 6) is -0.199. The lowest BCUT2D eigenvalue weighted by molar-refractivity contribution is 0.131. The molecule has 0 aliphatic heterocycles. The molecule has 1 rings (SSSR count). The van der Waals surface area contributed by atoms with Crippen LogP contribution in [0.3, 0.4) is 0 Å². The van der Waals surface area contributed by atoms with Crippen LogP contribution in [0.4, 0.5) is 8.78 Å². The summed E-state index contributed by atoms with van der Waals surface area (Å²) < 4.78 is 26.3. The van der Waals surface area contributed by atoms with E-state index in [2.05, 4.69) is 32.6 Å². The number of nitrogens with zero attached hydrogens (tertiary/aromatic N) is 1. The Morgan fingerprint density at radius 1 is 0.952 bits per heavy atom. The molecule has 1 unspecified atom stereocenters. The summed E-state index contributed by atoms with van der Waals surface area (Å²) in [4.78, 5) is 2.30. The summed E-state index contributed by atoms with van der Waals surface area (Å²) in [5, 5.41) is 10.1. The second-order valence-electron chi connectivity index (χ2n) is 6.55. The van der Waals surface area contributed by atoms with Crippen LogP contribution in [-0.4, -0.2) is 29.6 Å². The highest BCUT2D eigenvalue weighted by atomic mass is 19.1. The Morgan fingerprint density at radius 2 is 1.43 bits per heavy atom. The first-order chi connectivity index (χ1) is 9.77. The maximum Gasteiger partial charge on any atom is 0.126 e. The van der Waals surface area contributed by atoms with Crippen molar-refractivity contribution in [3.63, 3.8) is 0 Å². The SMILES string of the molecule is CC(C)CN(CCC(O)c1cc(F)cc(F)c1)CC(C)C. The zero-order chi connectivity index (χ0) is 16.0. The van der Waals surface area contributed by atoms with Crippen molar-refractivity contribution in [3.8, 4) is 0 Å². The molecule has 1 aromatic rings. The van der Waals surface area contributed by atoms with E-state index >= 15 is 0 Å². The van der Waals surface area contributed by atoms with Crippen molar-refractivity contribution in [3.05, 3.63) is 35.4 Å². The van der Waals surface area contributed by atoms with Crippen LogP contribution in [-0.2, 0) is 0 Å². The van der Waals surface area contributed by atoms with Crippen molar-refractivity contribution in [2.75, 3.05) is 19.6 Å². The van der Waals surface area contributed by atoms with Crippen LogP contribution in [0.1, 0.15) is 45.8 Å². The number of rotatable bonds is 8. The lowest BCUT2D eigenvalue weighted by atomic mass is 10.0. The number of benzene rings is 1. The third-order valence-corrected chi connectivity index (χ3v) is 3.24. The van der Waals surface area contributed by atoms with E-state index in [1.165, 1.54) is 12.1 Å². The van der Waals surface area contributed by atoms with Gasteiger partial charge in [0.15, 0.2) is 0 Å². The summed E-state index contributed by atoms with van der Waals surface area (Å²) >= 11 is 0. The molecule has 0 fully saturated rings. The number of aliphatic hydroxyl groups is 1. The molecule has 0 radical (unpaired) electrons. The molecule has 0 heterocycles. The summed E-state index contributed by atoms with van der Waals surface area (Å²) in [6, 6.07) is 3.21. The average Bonchev–Trinajstić information content (AvgIpc) is 2.32. The highest BCUT2D eigenvalue weighted by Crippen LogP contribution is 2.20. The van der Waals surface area contributed by atoms with Gasteiger partial charge in [0.2, 0.25) is 0 Å². The van der Waals surface area contributed by atoms with Crippen LogP contribution in [0.2, 0.25) is 0 Å². The molecule has 0 saturated carbocycles. The van der Waals surface area contributed by atoms with Crippen molar-refractivity contribution >= 4 is 0 Å². The molecule has 0 aliphatic rings. The molecule has 21 heavy (non-hydrogen) atoms. The maximum absolute atomic E-state index is 13.2. The number of hydrogen-bond acceptors (Lipinski definition) is 2. The Balaban J connectivity index is 2.61. The number of aliphatic hydroxyl groups excluding tert-OH is 1. The highest BCUT2D eigenvalue weighted by molar-refractivity contribution is 5.20. The highest BCUT2D eigenvalue weighted by Gasteiger charge is 2.14. The van der Waals surface area contributed by atoms with Crippen LogP contribution in [0.25, 0.3) is 0 Å². The smallest absolute Gasteiger partial charge is 0.126 e. The van der Waals surface area contributed by atoms with E-state index in [9.17, 15) is 13.9 Å². The molecule has 1 aromatic carbocycles. The molecule has 0 amide bonds. The Kier molecular flexibility index (Phi) is 7.26. The molecule has 1 atom stereocenters. The van der Waals surface area contributed by atoms with Crippen LogP contribution < -0.4 is 0 Å². The van der Waals surface area contributed by atoms with Gasteiger partial charge < -0.3 is 10.0 Å². The molecular weight excluding hydrogens is 272 g/mol. The van der Waals surface area contributed by atoms with Gasteiger partial charge in [0.1, 0.15) is 11.6 Å². The van der Waals surface area contributed by atoms with E-state index in [1.54, 1.807) is 0 Å². The van der Waals surface area contributed by atoms with Gasteiger partial charge in [0.05, 0.1) is 6.10 Å². The van der Waals surface area contributed by atoms with E-state index in [4.69, 9.17) is 0 Å². The predicted molar refractivity (Wildman–Crippen MR) is 82.1 cm³/mol. The third-order valence-electron chi connectivity index (χ3n) is 3.24. The van der Waals surface area contributed by atoms with Crippen molar-refractivity contribution in [2.24, 2.45) is 11.8 Å². The van der Waals surface area contributed by atoms with Crippen LogP contribution in [0.5, 0.6) is 0 Å². The monoisotopic (exact) mass is 299 g/mol. The van der Waals surface area contributed by atoms with Crippen molar-refractivity contribution < 1.29 is 13.9 Å². The molecule has 0 saturated heterocycles. The van der Waals surface area contributed by atoms with E-state index in [0.717, 1.165) is 25.7 Å². The molecule has 1 N–H and O–H groups in total. The van der Waals surface area contributed by atoms with Crippen molar-refractivity contribution in [1.82, 2.24) is 4.90 Å². The van der Waals surface area contributed by atoms with Gasteiger partial charge in [-0.05, 0) is 36.0 Å². The first kappa shape index (κ1) is 18.1. The largest absolute Gasteiger partial charge is 0.388 e. The molecule has 0 aromatic heterocycles. The van der Waals surface area contributed by atoms with Crippen molar-refractivity contribution in [2.45, 2.75) is 40.2 Å². The van der Waals surface area contributed by atoms with Crippen molar-refractivity contribution in [1.29, 1.82) is 0 Å². The normalized spacial score (nSPS) is 13.4. The molecular formula is C17H27F2NO. The minimum Gasteiger partial charge on any atom is -0.388 e. The summed E-state index contributed by atoms with van der Waals surface area (Å²) in [6.45, 7) is 11.3. The van der Waals surface area contributed by atoms with E-state index in [1.807, 2.05) is 0 Å². The van der Waals surface area contributed by atoms with Gasteiger partial charge in [0.25, 0.3) is 0 Å². The number of hydrogen-bond donors (Lipinski definition) is 1. The fourth-order valence-electron chi connectivity index (χ4n) is 2.53. The zero-order valence-electron chi connectivity index (χ0n) is 13.4. The summed E-state index contributed by atoms with van der Waals surface area (Å²) in [7, 11) is 0. The Hall–Kier alpha value is -1.00. The third kappa shape index (κ3) is 7.00. The molecule has 0 spiro atoms. The maximum atomic E-state index is 13.2. The zero-order valence-corrected chi connectivity index (χ0v) is 13.4. The molecule has 2 nitrogen and oxygen atoms in total. The van der Waals surface area contributed by atoms with Crippen LogP contribution in [0.15, 0.2) is 18.2 Å². The number of halogens is 2. The fraction of sp³-hybridized carbons (Fsp3) is 0.647. The standard InChI is InChI=1S/C17H27F2NO/c1-12(2)10-20(11-13(3)4)6-5-17(21)14-7-15(18)9-16(19)8-14/h7-9,12-13,17,21H,5-6,10-11H2,1-4H3. The predicted octanol–water partition coefficient (Wildman–Crippen LogP) is 4.00. The fourth-order valence-corrected chi connectivity index (χ4v) is 2.53. The lowest BCUT2D eigenvalue weighted by Crippen LogP contribution is -2.33. The second-order valence-corrected chi connectivity index (χ2v) is 6.55. The molecule has 0 aliphatic carbocycles. The topological polar surface area (TPSA) is 23.5 Å². The average molecular weight is 299 g/mol. The van der Waals surface area contributed by atoms with E-state index in [-0.39, 0.29) is 0 Å². The summed E-state index contributed by atoms with van der Waals surface area (Å²) in [6.07, 6.45) is -0.362. The van der Waals surface area contributed by atoms with Gasteiger partial charge in [-0.15, -0.1) is 0 Å². The summed E-state index contributed by atoms with van der Waals surface area (Å²) in [5.41, 5.74) is 0.307. The first-order valence-electron chi connectivity index (χ1n) is 7.64. The molecule has 4 heteroatoms.